The summed E-state index contributed by atoms with van der Waals surface area (Å²) in [7, 11) is 0. The minimum atomic E-state index is -0.323. The number of aryl methyl sites for hydroxylation is 1. The fourth-order valence-electron chi connectivity index (χ4n) is 2.81. The van der Waals surface area contributed by atoms with Crippen molar-refractivity contribution in [3.8, 4) is 5.75 Å². The molecule has 116 valence electrons. The smallest absolute Gasteiger partial charge is 0.191 e. The minimum absolute atomic E-state index is 0.323. The second kappa shape index (κ2) is 8.15. The van der Waals surface area contributed by atoms with Gasteiger partial charge >= 0.3 is 0 Å². The number of hydrogen-bond acceptors (Lipinski definition) is 4. The maximum atomic E-state index is 10.7. The zero-order valence-corrected chi connectivity index (χ0v) is 12.8. The predicted molar refractivity (Wildman–Crippen MR) is 80.7 cm³/mol. The molecular weight excluding hydrogens is 268 g/mol. The molecule has 4 heteroatoms. The lowest BCUT2D eigenvalue weighted by Gasteiger charge is -2.18. The van der Waals surface area contributed by atoms with Gasteiger partial charge in [-0.25, -0.2) is 0 Å². The first kappa shape index (κ1) is 16.0. The van der Waals surface area contributed by atoms with E-state index in [-0.39, 0.29) is 6.29 Å². The van der Waals surface area contributed by atoms with Crippen molar-refractivity contribution < 1.29 is 19.0 Å². The van der Waals surface area contributed by atoms with E-state index in [0.717, 1.165) is 24.9 Å². The van der Waals surface area contributed by atoms with E-state index in [2.05, 4.69) is 12.1 Å². The summed E-state index contributed by atoms with van der Waals surface area (Å²) in [6.07, 6.45) is 3.38. The van der Waals surface area contributed by atoms with Gasteiger partial charge < -0.3 is 19.0 Å². The monoisotopic (exact) mass is 292 g/mol. The second-order valence-corrected chi connectivity index (χ2v) is 5.15. The van der Waals surface area contributed by atoms with Crippen molar-refractivity contribution in [1.29, 1.82) is 0 Å². The van der Waals surface area contributed by atoms with Gasteiger partial charge in [0.2, 0.25) is 0 Å². The van der Waals surface area contributed by atoms with Crippen LogP contribution >= 0.6 is 0 Å². The third kappa shape index (κ3) is 4.29. The number of hydrogen-bond donors (Lipinski definition) is 0. The molecule has 0 unspecified atom stereocenters. The Balaban J connectivity index is 1.95. The molecule has 0 saturated heterocycles. The van der Waals surface area contributed by atoms with Crippen molar-refractivity contribution >= 4 is 6.29 Å². The molecule has 0 spiro atoms. The summed E-state index contributed by atoms with van der Waals surface area (Å²) < 4.78 is 16.7. The zero-order valence-electron chi connectivity index (χ0n) is 12.8. The van der Waals surface area contributed by atoms with Gasteiger partial charge in [-0.2, -0.15) is 0 Å². The van der Waals surface area contributed by atoms with Gasteiger partial charge in [-0.3, -0.25) is 0 Å². The molecule has 0 aromatic heterocycles. The minimum Gasteiger partial charge on any atom is -0.488 e. The van der Waals surface area contributed by atoms with Gasteiger partial charge in [-0.15, -0.1) is 0 Å². The molecule has 21 heavy (non-hydrogen) atoms. The maximum Gasteiger partial charge on any atom is 0.191 e. The Morgan fingerprint density at radius 2 is 2.05 bits per heavy atom. The van der Waals surface area contributed by atoms with Crippen LogP contribution in [0.3, 0.4) is 0 Å². The van der Waals surface area contributed by atoms with Crippen LogP contribution in [0.1, 0.15) is 43.7 Å². The van der Waals surface area contributed by atoms with Crippen LogP contribution in [0.25, 0.3) is 0 Å². The standard InChI is InChI=1S/C17H24O4/c1-3-19-17(20-4-2)12-21-15-7-8-16-13(9-10-18)5-6-14(16)11-15/h7-8,10-11,13,17H,3-6,9,12H2,1-2H3/t13-/m0/s1. The molecule has 1 aromatic carbocycles. The summed E-state index contributed by atoms with van der Waals surface area (Å²) in [6.45, 7) is 5.47. The quantitative estimate of drug-likeness (QED) is 0.518. The Bertz CT molecular complexity index is 452. The Hall–Kier alpha value is -1.39. The molecule has 1 aliphatic carbocycles. The van der Waals surface area contributed by atoms with Crippen LogP contribution in [-0.2, 0) is 20.7 Å². The van der Waals surface area contributed by atoms with Gasteiger partial charge in [0, 0.05) is 19.6 Å². The summed E-state index contributed by atoms with van der Waals surface area (Å²) in [5, 5.41) is 0. The SMILES string of the molecule is CCOC(COc1ccc2c(c1)CC[C@H]2CC=O)OCC. The molecule has 1 atom stereocenters. The lowest BCUT2D eigenvalue weighted by atomic mass is 9.99. The van der Waals surface area contributed by atoms with Crippen LogP contribution in [0, 0.1) is 0 Å². The molecule has 0 N–H and O–H groups in total. The average Bonchev–Trinajstić information content (AvgIpc) is 2.88. The number of rotatable bonds is 9. The largest absolute Gasteiger partial charge is 0.488 e. The van der Waals surface area contributed by atoms with E-state index in [1.807, 2.05) is 19.9 Å². The second-order valence-electron chi connectivity index (χ2n) is 5.15. The number of carbonyl (C=O) groups excluding carboxylic acids is 1. The van der Waals surface area contributed by atoms with E-state index >= 15 is 0 Å². The molecule has 0 saturated carbocycles. The number of benzene rings is 1. The molecule has 0 aliphatic heterocycles. The molecule has 1 aliphatic rings. The first-order valence-corrected chi connectivity index (χ1v) is 7.70. The van der Waals surface area contributed by atoms with Crippen LogP contribution in [0.4, 0.5) is 0 Å². The van der Waals surface area contributed by atoms with Crippen LogP contribution in [0.2, 0.25) is 0 Å². The summed E-state index contributed by atoms with van der Waals surface area (Å²) in [5.41, 5.74) is 2.59. The third-order valence-corrected chi connectivity index (χ3v) is 3.79. The van der Waals surface area contributed by atoms with Crippen molar-refractivity contribution in [2.75, 3.05) is 19.8 Å². The molecule has 0 bridgehead atoms. The first-order valence-electron chi connectivity index (χ1n) is 7.70. The molecule has 0 heterocycles. The summed E-state index contributed by atoms with van der Waals surface area (Å²) in [5.74, 6) is 1.22. The van der Waals surface area contributed by atoms with Crippen LogP contribution < -0.4 is 4.74 Å². The summed E-state index contributed by atoms with van der Waals surface area (Å²) in [6, 6.07) is 6.13. The Morgan fingerprint density at radius 1 is 1.29 bits per heavy atom. The Labute approximate surface area is 126 Å². The van der Waals surface area contributed by atoms with E-state index < -0.39 is 0 Å². The van der Waals surface area contributed by atoms with Gasteiger partial charge in [-0.05, 0) is 55.9 Å². The predicted octanol–water partition coefficient (Wildman–Crippen LogP) is 3.08. The number of fused-ring (bicyclic) bond motifs is 1. The van der Waals surface area contributed by atoms with Gasteiger partial charge in [0.1, 0.15) is 18.6 Å². The highest BCUT2D eigenvalue weighted by atomic mass is 16.7. The lowest BCUT2D eigenvalue weighted by molar-refractivity contribution is -0.152. The summed E-state index contributed by atoms with van der Waals surface area (Å²) >= 11 is 0. The van der Waals surface area contributed by atoms with Crippen LogP contribution in [0.15, 0.2) is 18.2 Å². The fraction of sp³-hybridized carbons (Fsp3) is 0.588. The zero-order chi connectivity index (χ0) is 15.1. The normalized spacial score (nSPS) is 17.0. The molecule has 0 fully saturated rings. The highest BCUT2D eigenvalue weighted by Gasteiger charge is 2.22. The average molecular weight is 292 g/mol. The van der Waals surface area contributed by atoms with Gasteiger partial charge in [-0.1, -0.05) is 6.07 Å². The van der Waals surface area contributed by atoms with E-state index in [0.29, 0.717) is 32.2 Å². The topological polar surface area (TPSA) is 44.8 Å². The van der Waals surface area contributed by atoms with Gasteiger partial charge in [0.25, 0.3) is 0 Å². The fourth-order valence-corrected chi connectivity index (χ4v) is 2.81. The van der Waals surface area contributed by atoms with E-state index in [1.54, 1.807) is 0 Å². The summed E-state index contributed by atoms with van der Waals surface area (Å²) in [4.78, 5) is 10.7. The van der Waals surface area contributed by atoms with Gasteiger partial charge in [0.15, 0.2) is 6.29 Å². The van der Waals surface area contributed by atoms with Crippen molar-refractivity contribution in [2.24, 2.45) is 0 Å². The van der Waals surface area contributed by atoms with Crippen molar-refractivity contribution in [3.63, 3.8) is 0 Å². The third-order valence-electron chi connectivity index (χ3n) is 3.79. The molecule has 0 radical (unpaired) electrons. The van der Waals surface area contributed by atoms with E-state index in [9.17, 15) is 4.79 Å². The van der Waals surface area contributed by atoms with Gasteiger partial charge in [0.05, 0.1) is 0 Å². The lowest BCUT2D eigenvalue weighted by Crippen LogP contribution is -2.25. The Morgan fingerprint density at radius 3 is 2.71 bits per heavy atom. The highest BCUT2D eigenvalue weighted by Crippen LogP contribution is 2.36. The van der Waals surface area contributed by atoms with Crippen LogP contribution in [-0.4, -0.2) is 32.4 Å². The molecule has 0 amide bonds. The van der Waals surface area contributed by atoms with Crippen molar-refractivity contribution in [2.45, 2.75) is 45.3 Å². The number of aldehydes is 1. The molecule has 2 rings (SSSR count). The number of ether oxygens (including phenoxy) is 3. The van der Waals surface area contributed by atoms with E-state index in [4.69, 9.17) is 14.2 Å². The molecule has 4 nitrogen and oxygen atoms in total. The Kier molecular flexibility index (Phi) is 6.21. The van der Waals surface area contributed by atoms with Crippen LogP contribution in [0.5, 0.6) is 5.75 Å². The number of carbonyl (C=O) groups is 1. The van der Waals surface area contributed by atoms with E-state index in [1.165, 1.54) is 11.1 Å². The van der Waals surface area contributed by atoms with Crippen molar-refractivity contribution in [3.05, 3.63) is 29.3 Å². The highest BCUT2D eigenvalue weighted by molar-refractivity contribution is 5.53. The molecule has 1 aromatic rings. The first-order chi connectivity index (χ1) is 10.3. The van der Waals surface area contributed by atoms with Crippen molar-refractivity contribution in [1.82, 2.24) is 0 Å². The molecular formula is C17H24O4. The maximum absolute atomic E-state index is 10.7.